The predicted molar refractivity (Wildman–Crippen MR) is 60.5 cm³/mol. The third-order valence-electron chi connectivity index (χ3n) is 2.84. The standard InChI is InChI=1S/C12H15N2.W/c1-13-12-5-3-2-4-11(12)8-10-6-7-14-9-10;/h2-5,10,14H,6-7,9H2,1H3;/q-1;. The van der Waals surface area contributed by atoms with E-state index in [0.29, 0.717) is 0 Å². The second kappa shape index (κ2) is 5.05. The molecule has 1 aromatic carbocycles. The second-order valence-electron chi connectivity index (χ2n) is 3.79. The van der Waals surface area contributed by atoms with E-state index in [4.69, 9.17) is 0 Å². The van der Waals surface area contributed by atoms with Gasteiger partial charge in [0.25, 0.3) is 0 Å². The summed E-state index contributed by atoms with van der Waals surface area (Å²) in [6, 6.07) is 8.46. The van der Waals surface area contributed by atoms with Crippen LogP contribution < -0.4 is 5.32 Å². The minimum atomic E-state index is 0.725. The van der Waals surface area contributed by atoms with Gasteiger partial charge in [-0.15, -0.1) is 0 Å². The van der Waals surface area contributed by atoms with Gasteiger partial charge in [0.05, 0.1) is 0 Å². The molecule has 0 radical (unpaired) electrons. The quantitative estimate of drug-likeness (QED) is 0.865. The maximum atomic E-state index is 4.34. The van der Waals surface area contributed by atoms with Gasteiger partial charge < -0.3 is 0 Å². The first kappa shape index (κ1) is 11.0. The molecule has 0 aromatic heterocycles. The van der Waals surface area contributed by atoms with E-state index in [-0.39, 0.29) is 0 Å². The molecule has 1 unspecified atom stereocenters. The predicted octanol–water partition coefficient (Wildman–Crippen LogP) is 2.00. The first-order valence-corrected chi connectivity index (χ1v) is 6.73. The number of para-hydroxylation sites is 1. The molecule has 1 N–H and O–H groups in total. The Labute approximate surface area is 102 Å². The van der Waals surface area contributed by atoms with E-state index in [1.165, 1.54) is 12.0 Å². The van der Waals surface area contributed by atoms with Crippen LogP contribution in [-0.4, -0.2) is 24.0 Å². The molecule has 1 aliphatic heterocycles. The minimum absolute atomic E-state index is 0.725. The fourth-order valence-electron chi connectivity index (χ4n) is 1.98. The summed E-state index contributed by atoms with van der Waals surface area (Å²) in [6.07, 6.45) is 1.27. The summed E-state index contributed by atoms with van der Waals surface area (Å²) < 4.78 is 1.56. The Hall–Kier alpha value is -0.462. The van der Waals surface area contributed by atoms with E-state index < -0.39 is 0 Å². The molecule has 0 aliphatic carbocycles. The Balaban J connectivity index is 2.24. The van der Waals surface area contributed by atoms with Crippen molar-refractivity contribution in [2.75, 3.05) is 20.1 Å². The molecular formula is C12H15N2W-. The van der Waals surface area contributed by atoms with Gasteiger partial charge in [0, 0.05) is 0 Å². The molecular weight excluding hydrogens is 356 g/mol. The van der Waals surface area contributed by atoms with E-state index in [1.54, 1.807) is 23.3 Å². The van der Waals surface area contributed by atoms with E-state index in [1.807, 2.05) is 7.05 Å². The fraction of sp³-hybridized carbons (Fsp3) is 0.417. The summed E-state index contributed by atoms with van der Waals surface area (Å²) in [5.41, 5.74) is 2.48. The van der Waals surface area contributed by atoms with Crippen molar-refractivity contribution in [2.45, 2.75) is 6.42 Å². The third kappa shape index (κ3) is 2.38. The Kier molecular flexibility index (Phi) is 3.71. The summed E-state index contributed by atoms with van der Waals surface area (Å²) in [4.78, 5) is 0. The Morgan fingerprint density at radius 1 is 1.47 bits per heavy atom. The van der Waals surface area contributed by atoms with Crippen LogP contribution in [0.2, 0.25) is 0 Å². The van der Waals surface area contributed by atoms with Crippen LogP contribution in [0, 0.1) is 5.92 Å². The normalized spacial score (nSPS) is 20.2. The first-order valence-electron chi connectivity index (χ1n) is 5.26. The van der Waals surface area contributed by atoms with Crippen molar-refractivity contribution in [3.63, 3.8) is 0 Å². The molecule has 1 saturated heterocycles. The Morgan fingerprint density at radius 3 is 2.93 bits per heavy atom. The number of nitrogens with one attached hydrogen (secondary N) is 1. The molecule has 15 heavy (non-hydrogen) atoms. The Bertz CT molecular complexity index is 356. The van der Waals surface area contributed by atoms with Crippen molar-refractivity contribution >= 4 is 9.59 Å². The van der Waals surface area contributed by atoms with E-state index >= 15 is 0 Å². The molecule has 3 heteroatoms. The van der Waals surface area contributed by atoms with Gasteiger partial charge in [0.1, 0.15) is 0 Å². The molecule has 0 saturated carbocycles. The summed E-state index contributed by atoms with van der Waals surface area (Å²) >= 11 is 1.58. The van der Waals surface area contributed by atoms with Crippen LogP contribution in [0.4, 0.5) is 5.69 Å². The van der Waals surface area contributed by atoms with E-state index in [0.717, 1.165) is 24.7 Å². The van der Waals surface area contributed by atoms with Gasteiger partial charge in [-0.3, -0.25) is 0 Å². The molecule has 1 aromatic rings. The van der Waals surface area contributed by atoms with Crippen molar-refractivity contribution in [3.05, 3.63) is 35.1 Å². The average molecular weight is 371 g/mol. The zero-order chi connectivity index (χ0) is 10.7. The van der Waals surface area contributed by atoms with Crippen LogP contribution in [-0.2, 0) is 19.4 Å². The van der Waals surface area contributed by atoms with E-state index in [2.05, 4.69) is 34.9 Å². The second-order valence-corrected chi connectivity index (χ2v) is 5.37. The van der Waals surface area contributed by atoms with E-state index in [9.17, 15) is 0 Å². The molecule has 1 aliphatic rings. The van der Waals surface area contributed by atoms with Gasteiger partial charge in [-0.05, 0) is 0 Å². The first-order chi connectivity index (χ1) is 7.33. The van der Waals surface area contributed by atoms with Gasteiger partial charge >= 0.3 is 102 Å². The molecule has 0 bridgehead atoms. The topological polar surface area (TPSA) is 26.1 Å². The van der Waals surface area contributed by atoms with Gasteiger partial charge in [-0.25, -0.2) is 0 Å². The summed E-state index contributed by atoms with van der Waals surface area (Å²) in [7, 11) is 1.87. The van der Waals surface area contributed by atoms with Crippen LogP contribution >= 0.6 is 0 Å². The van der Waals surface area contributed by atoms with Crippen LogP contribution in [0.3, 0.4) is 0 Å². The van der Waals surface area contributed by atoms with Gasteiger partial charge in [-0.2, -0.15) is 0 Å². The van der Waals surface area contributed by atoms with Crippen molar-refractivity contribution in [1.82, 2.24) is 5.32 Å². The molecule has 2 rings (SSSR count). The van der Waals surface area contributed by atoms with Crippen LogP contribution in [0.15, 0.2) is 24.3 Å². The molecule has 2 nitrogen and oxygen atoms in total. The molecule has 0 amide bonds. The zero-order valence-corrected chi connectivity index (χ0v) is 11.8. The molecule has 1 fully saturated rings. The fourth-order valence-corrected chi connectivity index (χ4v) is 3.32. The maximum absolute atomic E-state index is 4.34. The molecule has 80 valence electrons. The van der Waals surface area contributed by atoms with Crippen LogP contribution in [0.1, 0.15) is 12.0 Å². The van der Waals surface area contributed by atoms with Gasteiger partial charge in [-0.1, -0.05) is 0 Å². The Morgan fingerprint density at radius 2 is 2.27 bits per heavy atom. The van der Waals surface area contributed by atoms with Gasteiger partial charge in [0.15, 0.2) is 0 Å². The number of benzene rings is 1. The average Bonchev–Trinajstić information content (AvgIpc) is 2.81. The van der Waals surface area contributed by atoms with Gasteiger partial charge in [0.2, 0.25) is 0 Å². The zero-order valence-electron chi connectivity index (χ0n) is 8.86. The molecule has 0 spiro atoms. The number of hydrogen-bond donors (Lipinski definition) is 1. The number of nitrogens with zero attached hydrogens (tertiary/aromatic N) is 1. The number of hydrogen-bond acceptors (Lipinski definition) is 1. The number of rotatable bonds is 3. The van der Waals surface area contributed by atoms with Crippen molar-refractivity contribution < 1.29 is 19.4 Å². The van der Waals surface area contributed by atoms with Crippen molar-refractivity contribution in [1.29, 1.82) is 0 Å². The summed E-state index contributed by atoms with van der Waals surface area (Å²) in [6.45, 7) is 2.30. The molecule has 1 atom stereocenters. The molecule has 1 heterocycles. The third-order valence-corrected chi connectivity index (χ3v) is 4.83. The SMILES string of the molecule is C[N-]c1ccccc1[C](=[W])C1CCNC1. The summed E-state index contributed by atoms with van der Waals surface area (Å²) in [5.74, 6) is 0.725. The monoisotopic (exact) mass is 371 g/mol. The van der Waals surface area contributed by atoms with Crippen molar-refractivity contribution in [2.24, 2.45) is 5.92 Å². The van der Waals surface area contributed by atoms with Crippen LogP contribution in [0.5, 0.6) is 0 Å². The van der Waals surface area contributed by atoms with Crippen LogP contribution in [0.25, 0.3) is 5.32 Å². The summed E-state index contributed by atoms with van der Waals surface area (Å²) in [5, 5.41) is 7.76. The van der Waals surface area contributed by atoms with Crippen molar-refractivity contribution in [3.8, 4) is 0 Å².